The third-order valence-electron chi connectivity index (χ3n) is 3.54. The van der Waals surface area contributed by atoms with Crippen LogP contribution in [0.25, 0.3) is 0 Å². The van der Waals surface area contributed by atoms with E-state index in [1.807, 2.05) is 12.1 Å². The molecule has 2 rings (SSSR count). The van der Waals surface area contributed by atoms with E-state index in [-0.39, 0.29) is 11.8 Å². The average molecular weight is 247 g/mol. The second kappa shape index (κ2) is 6.50. The molecule has 1 aromatic rings. The molecule has 0 atom stereocenters. The third kappa shape index (κ3) is 3.53. The summed E-state index contributed by atoms with van der Waals surface area (Å²) in [5, 5.41) is 2.90. The van der Waals surface area contributed by atoms with Crippen molar-refractivity contribution in [2.75, 3.05) is 5.32 Å². The van der Waals surface area contributed by atoms with E-state index in [1.54, 1.807) is 6.20 Å². The quantitative estimate of drug-likeness (QED) is 0.806. The fraction of sp³-hybridized carbons (Fsp3) is 0.571. The normalized spacial score (nSPS) is 17.2. The molecule has 0 saturated heterocycles. The molecule has 1 aromatic heterocycles. The summed E-state index contributed by atoms with van der Waals surface area (Å²) in [6.07, 6.45) is 8.57. The number of pyridine rings is 1. The zero-order valence-corrected chi connectivity index (χ0v) is 10.7. The standard InChI is InChI=1S/C14H21N3O/c15-9-11-7-8-13(16-10-11)17-14(18)12-5-3-1-2-4-6-12/h7-8,10,12H,1-6,9,15H2,(H,16,17,18). The lowest BCUT2D eigenvalue weighted by Gasteiger charge is -2.13. The highest BCUT2D eigenvalue weighted by molar-refractivity contribution is 5.91. The van der Waals surface area contributed by atoms with E-state index < -0.39 is 0 Å². The summed E-state index contributed by atoms with van der Waals surface area (Å²) >= 11 is 0. The van der Waals surface area contributed by atoms with Crippen molar-refractivity contribution in [3.05, 3.63) is 23.9 Å². The molecule has 0 aliphatic heterocycles. The van der Waals surface area contributed by atoms with Crippen molar-refractivity contribution in [3.8, 4) is 0 Å². The van der Waals surface area contributed by atoms with E-state index in [0.717, 1.165) is 31.2 Å². The van der Waals surface area contributed by atoms with Crippen molar-refractivity contribution >= 4 is 11.7 Å². The van der Waals surface area contributed by atoms with Crippen LogP contribution in [-0.4, -0.2) is 10.9 Å². The average Bonchev–Trinajstić information content (AvgIpc) is 2.68. The van der Waals surface area contributed by atoms with E-state index in [9.17, 15) is 4.79 Å². The first-order valence-electron chi connectivity index (χ1n) is 6.75. The van der Waals surface area contributed by atoms with Crippen LogP contribution < -0.4 is 11.1 Å². The Morgan fingerprint density at radius 3 is 2.56 bits per heavy atom. The van der Waals surface area contributed by atoms with Crippen molar-refractivity contribution in [2.45, 2.75) is 45.1 Å². The predicted octanol–water partition coefficient (Wildman–Crippen LogP) is 2.45. The highest BCUT2D eigenvalue weighted by Crippen LogP contribution is 2.23. The van der Waals surface area contributed by atoms with Crippen LogP contribution in [0, 0.1) is 5.92 Å². The zero-order valence-electron chi connectivity index (χ0n) is 10.7. The van der Waals surface area contributed by atoms with Gasteiger partial charge in [0.25, 0.3) is 0 Å². The number of nitrogens with one attached hydrogen (secondary N) is 1. The molecule has 1 saturated carbocycles. The first kappa shape index (κ1) is 13.0. The Balaban J connectivity index is 1.92. The summed E-state index contributed by atoms with van der Waals surface area (Å²) in [5.74, 6) is 0.898. The van der Waals surface area contributed by atoms with Gasteiger partial charge in [0.05, 0.1) is 0 Å². The van der Waals surface area contributed by atoms with Gasteiger partial charge in [-0.3, -0.25) is 4.79 Å². The predicted molar refractivity (Wildman–Crippen MR) is 72.0 cm³/mol. The van der Waals surface area contributed by atoms with Gasteiger partial charge in [-0.15, -0.1) is 0 Å². The van der Waals surface area contributed by atoms with E-state index in [2.05, 4.69) is 10.3 Å². The highest BCUT2D eigenvalue weighted by Gasteiger charge is 2.20. The molecule has 4 heteroatoms. The number of anilines is 1. The molecule has 0 aromatic carbocycles. The molecular formula is C14H21N3O. The van der Waals surface area contributed by atoms with Crippen LogP contribution in [0.5, 0.6) is 0 Å². The molecule has 3 N–H and O–H groups in total. The molecule has 18 heavy (non-hydrogen) atoms. The molecule has 1 fully saturated rings. The van der Waals surface area contributed by atoms with E-state index in [1.165, 1.54) is 12.8 Å². The first-order chi connectivity index (χ1) is 8.79. The maximum atomic E-state index is 12.1. The maximum absolute atomic E-state index is 12.1. The Hall–Kier alpha value is -1.42. The number of amides is 1. The fourth-order valence-corrected chi connectivity index (χ4v) is 2.39. The summed E-state index contributed by atoms with van der Waals surface area (Å²) in [5.41, 5.74) is 6.48. The third-order valence-corrected chi connectivity index (χ3v) is 3.54. The minimum atomic E-state index is 0.116. The van der Waals surface area contributed by atoms with Gasteiger partial charge in [-0.2, -0.15) is 0 Å². The van der Waals surface area contributed by atoms with Crippen LogP contribution in [0.1, 0.15) is 44.1 Å². The summed E-state index contributed by atoms with van der Waals surface area (Å²) in [7, 11) is 0. The molecule has 98 valence electrons. The summed E-state index contributed by atoms with van der Waals surface area (Å²) in [6, 6.07) is 3.71. The molecule has 4 nitrogen and oxygen atoms in total. The number of hydrogen-bond donors (Lipinski definition) is 2. The van der Waals surface area contributed by atoms with Crippen molar-refractivity contribution < 1.29 is 4.79 Å². The minimum absolute atomic E-state index is 0.116. The molecule has 0 radical (unpaired) electrons. The summed E-state index contributed by atoms with van der Waals surface area (Å²) in [4.78, 5) is 16.3. The van der Waals surface area contributed by atoms with Gasteiger partial charge in [0.1, 0.15) is 5.82 Å². The van der Waals surface area contributed by atoms with Crippen molar-refractivity contribution in [1.29, 1.82) is 0 Å². The van der Waals surface area contributed by atoms with Gasteiger partial charge in [-0.05, 0) is 24.5 Å². The second-order valence-corrected chi connectivity index (χ2v) is 4.93. The number of carbonyl (C=O) groups is 1. The second-order valence-electron chi connectivity index (χ2n) is 4.93. The van der Waals surface area contributed by atoms with Crippen LogP contribution in [0.2, 0.25) is 0 Å². The highest BCUT2D eigenvalue weighted by atomic mass is 16.1. The van der Waals surface area contributed by atoms with Crippen molar-refractivity contribution in [1.82, 2.24) is 4.98 Å². The van der Waals surface area contributed by atoms with Crippen LogP contribution in [-0.2, 0) is 11.3 Å². The number of nitrogens with zero attached hydrogens (tertiary/aromatic N) is 1. The molecule has 1 amide bonds. The monoisotopic (exact) mass is 247 g/mol. The van der Waals surface area contributed by atoms with Gasteiger partial charge in [-0.1, -0.05) is 31.7 Å². The number of nitrogens with two attached hydrogens (primary N) is 1. The van der Waals surface area contributed by atoms with Crippen LogP contribution in [0.4, 0.5) is 5.82 Å². The Morgan fingerprint density at radius 2 is 2.00 bits per heavy atom. The number of carbonyl (C=O) groups excluding carboxylic acids is 1. The topological polar surface area (TPSA) is 68.0 Å². The molecule has 0 unspecified atom stereocenters. The Bertz CT molecular complexity index is 381. The summed E-state index contributed by atoms with van der Waals surface area (Å²) in [6.45, 7) is 0.476. The van der Waals surface area contributed by atoms with E-state index in [4.69, 9.17) is 5.73 Å². The molecular weight excluding hydrogens is 226 g/mol. The number of aromatic nitrogens is 1. The molecule has 0 spiro atoms. The Morgan fingerprint density at radius 1 is 1.28 bits per heavy atom. The van der Waals surface area contributed by atoms with Gasteiger partial charge in [0, 0.05) is 18.7 Å². The molecule has 1 heterocycles. The van der Waals surface area contributed by atoms with E-state index >= 15 is 0 Å². The minimum Gasteiger partial charge on any atom is -0.326 e. The summed E-state index contributed by atoms with van der Waals surface area (Å²) < 4.78 is 0. The van der Waals surface area contributed by atoms with Crippen LogP contribution in [0.15, 0.2) is 18.3 Å². The SMILES string of the molecule is NCc1ccc(NC(=O)C2CCCCCC2)nc1. The van der Waals surface area contributed by atoms with Gasteiger partial charge in [0.2, 0.25) is 5.91 Å². The number of rotatable bonds is 3. The van der Waals surface area contributed by atoms with Gasteiger partial charge in [0.15, 0.2) is 0 Å². The molecule has 0 bridgehead atoms. The lowest BCUT2D eigenvalue weighted by atomic mass is 9.99. The molecule has 1 aliphatic carbocycles. The van der Waals surface area contributed by atoms with Gasteiger partial charge < -0.3 is 11.1 Å². The smallest absolute Gasteiger partial charge is 0.228 e. The van der Waals surface area contributed by atoms with Gasteiger partial charge >= 0.3 is 0 Å². The van der Waals surface area contributed by atoms with Crippen LogP contribution in [0.3, 0.4) is 0 Å². The fourth-order valence-electron chi connectivity index (χ4n) is 2.39. The largest absolute Gasteiger partial charge is 0.326 e. The lowest BCUT2D eigenvalue weighted by molar-refractivity contribution is -0.120. The Labute approximate surface area is 108 Å². The lowest BCUT2D eigenvalue weighted by Crippen LogP contribution is -2.22. The Kier molecular flexibility index (Phi) is 4.70. The number of hydrogen-bond acceptors (Lipinski definition) is 3. The van der Waals surface area contributed by atoms with Crippen molar-refractivity contribution in [3.63, 3.8) is 0 Å². The van der Waals surface area contributed by atoms with E-state index in [0.29, 0.717) is 12.4 Å². The van der Waals surface area contributed by atoms with Crippen LogP contribution >= 0.6 is 0 Å². The zero-order chi connectivity index (χ0) is 12.8. The first-order valence-corrected chi connectivity index (χ1v) is 6.75. The molecule has 1 aliphatic rings. The van der Waals surface area contributed by atoms with Crippen molar-refractivity contribution in [2.24, 2.45) is 11.7 Å². The maximum Gasteiger partial charge on any atom is 0.228 e. The van der Waals surface area contributed by atoms with Gasteiger partial charge in [-0.25, -0.2) is 4.98 Å².